The van der Waals surface area contributed by atoms with Gasteiger partial charge in [0.1, 0.15) is 0 Å². The molecular formula is C8H9O2S-. The maximum absolute atomic E-state index is 10.4. The van der Waals surface area contributed by atoms with Gasteiger partial charge in [-0.1, -0.05) is 6.92 Å². The van der Waals surface area contributed by atoms with Crippen LogP contribution in [0.4, 0.5) is 0 Å². The van der Waals surface area contributed by atoms with Crippen molar-refractivity contribution >= 4 is 17.3 Å². The second-order valence-electron chi connectivity index (χ2n) is 2.33. The Balaban J connectivity index is 3.05. The molecule has 1 rings (SSSR count). The van der Waals surface area contributed by atoms with Crippen LogP contribution in [-0.4, -0.2) is 5.97 Å². The number of thiophene rings is 1. The normalized spacial score (nSPS) is 10.0. The van der Waals surface area contributed by atoms with Gasteiger partial charge in [-0.25, -0.2) is 0 Å². The molecular weight excluding hydrogens is 160 g/mol. The highest BCUT2D eigenvalue weighted by Gasteiger charge is 2.03. The van der Waals surface area contributed by atoms with E-state index in [0.29, 0.717) is 4.88 Å². The summed E-state index contributed by atoms with van der Waals surface area (Å²) in [7, 11) is 0. The first kappa shape index (κ1) is 8.27. The Morgan fingerprint density at radius 3 is 2.64 bits per heavy atom. The van der Waals surface area contributed by atoms with Gasteiger partial charge in [0.05, 0.1) is 10.8 Å². The van der Waals surface area contributed by atoms with Crippen LogP contribution in [0, 0.1) is 6.92 Å². The van der Waals surface area contributed by atoms with Crippen LogP contribution in [0.2, 0.25) is 0 Å². The second kappa shape index (κ2) is 3.05. The Bertz CT molecular complexity index is 276. The first-order valence-electron chi connectivity index (χ1n) is 3.45. The number of aromatic carboxylic acids is 1. The highest BCUT2D eigenvalue weighted by Crippen LogP contribution is 2.20. The molecule has 1 aromatic rings. The van der Waals surface area contributed by atoms with E-state index < -0.39 is 5.97 Å². The van der Waals surface area contributed by atoms with Gasteiger partial charge < -0.3 is 9.90 Å². The molecule has 0 fully saturated rings. The van der Waals surface area contributed by atoms with E-state index in [9.17, 15) is 9.90 Å². The average Bonchev–Trinajstić information content (AvgIpc) is 2.31. The first-order valence-corrected chi connectivity index (χ1v) is 4.27. The molecule has 0 aliphatic heterocycles. The molecule has 0 aromatic carbocycles. The highest BCUT2D eigenvalue weighted by atomic mass is 32.1. The number of hydrogen-bond donors (Lipinski definition) is 0. The standard InChI is InChI=1S/C8H10O2S/c1-3-6-4-7(8(9)10)11-5(6)2/h4H,3H2,1-2H3,(H,9,10)/p-1. The minimum Gasteiger partial charge on any atom is -0.544 e. The SMILES string of the molecule is CCc1cc(C(=O)[O-])sc1C. The van der Waals surface area contributed by atoms with Crippen molar-refractivity contribution in [3.05, 3.63) is 21.4 Å². The van der Waals surface area contributed by atoms with Gasteiger partial charge >= 0.3 is 0 Å². The molecule has 0 spiro atoms. The summed E-state index contributed by atoms with van der Waals surface area (Å²) >= 11 is 1.28. The number of rotatable bonds is 2. The van der Waals surface area contributed by atoms with Gasteiger partial charge in [0.15, 0.2) is 0 Å². The van der Waals surface area contributed by atoms with Crippen LogP contribution in [0.5, 0.6) is 0 Å². The zero-order chi connectivity index (χ0) is 8.43. The maximum Gasteiger partial charge on any atom is 0.0815 e. The van der Waals surface area contributed by atoms with Crippen LogP contribution in [0.15, 0.2) is 6.07 Å². The summed E-state index contributed by atoms with van der Waals surface area (Å²) in [5, 5.41) is 10.4. The van der Waals surface area contributed by atoms with Crippen LogP contribution < -0.4 is 5.11 Å². The number of carbonyl (C=O) groups is 1. The summed E-state index contributed by atoms with van der Waals surface area (Å²) in [5.41, 5.74) is 1.11. The third kappa shape index (κ3) is 1.60. The molecule has 0 saturated carbocycles. The number of hydrogen-bond acceptors (Lipinski definition) is 3. The molecule has 0 aliphatic rings. The zero-order valence-corrected chi connectivity index (χ0v) is 7.33. The van der Waals surface area contributed by atoms with Crippen molar-refractivity contribution in [1.82, 2.24) is 0 Å². The number of carboxylic acids is 1. The lowest BCUT2D eigenvalue weighted by molar-refractivity contribution is -0.254. The van der Waals surface area contributed by atoms with Crippen molar-refractivity contribution in [3.8, 4) is 0 Å². The molecule has 0 atom stereocenters. The number of carboxylic acid groups (broad SMARTS) is 1. The molecule has 11 heavy (non-hydrogen) atoms. The maximum atomic E-state index is 10.4. The van der Waals surface area contributed by atoms with Crippen molar-refractivity contribution in [1.29, 1.82) is 0 Å². The van der Waals surface area contributed by atoms with Crippen molar-refractivity contribution in [2.45, 2.75) is 20.3 Å². The van der Waals surface area contributed by atoms with Crippen LogP contribution in [0.3, 0.4) is 0 Å². The van der Waals surface area contributed by atoms with E-state index in [1.165, 1.54) is 11.3 Å². The molecule has 0 aliphatic carbocycles. The minimum absolute atomic E-state index is 0.333. The van der Waals surface area contributed by atoms with Crippen LogP contribution in [-0.2, 0) is 6.42 Å². The van der Waals surface area contributed by atoms with Crippen molar-refractivity contribution in [3.63, 3.8) is 0 Å². The molecule has 1 heterocycles. The zero-order valence-electron chi connectivity index (χ0n) is 6.51. The van der Waals surface area contributed by atoms with Gasteiger partial charge in [0, 0.05) is 4.88 Å². The quantitative estimate of drug-likeness (QED) is 0.662. The Morgan fingerprint density at radius 2 is 2.36 bits per heavy atom. The van der Waals surface area contributed by atoms with Crippen molar-refractivity contribution in [2.24, 2.45) is 0 Å². The summed E-state index contributed by atoms with van der Waals surface area (Å²) in [6.07, 6.45) is 0.885. The number of carbonyl (C=O) groups excluding carboxylic acids is 1. The van der Waals surface area contributed by atoms with Crippen LogP contribution >= 0.6 is 11.3 Å². The van der Waals surface area contributed by atoms with Gasteiger partial charge in [-0.2, -0.15) is 0 Å². The molecule has 0 unspecified atom stereocenters. The summed E-state index contributed by atoms with van der Waals surface area (Å²) in [6.45, 7) is 3.93. The minimum atomic E-state index is -1.07. The van der Waals surface area contributed by atoms with Crippen molar-refractivity contribution < 1.29 is 9.90 Å². The van der Waals surface area contributed by atoms with Crippen molar-refractivity contribution in [2.75, 3.05) is 0 Å². The third-order valence-electron chi connectivity index (χ3n) is 1.60. The number of aryl methyl sites for hydroxylation is 2. The summed E-state index contributed by atoms with van der Waals surface area (Å²) < 4.78 is 0. The summed E-state index contributed by atoms with van der Waals surface area (Å²) in [4.78, 5) is 11.8. The van der Waals surface area contributed by atoms with Gasteiger partial charge in [0.2, 0.25) is 0 Å². The smallest absolute Gasteiger partial charge is 0.0815 e. The third-order valence-corrected chi connectivity index (χ3v) is 2.68. The molecule has 60 valence electrons. The summed E-state index contributed by atoms with van der Waals surface area (Å²) in [5.74, 6) is -1.07. The Morgan fingerprint density at radius 1 is 1.73 bits per heavy atom. The summed E-state index contributed by atoms with van der Waals surface area (Å²) in [6, 6.07) is 1.69. The Hall–Kier alpha value is -0.830. The molecule has 0 N–H and O–H groups in total. The first-order chi connectivity index (χ1) is 5.15. The van der Waals surface area contributed by atoms with E-state index in [1.54, 1.807) is 6.07 Å². The predicted molar refractivity (Wildman–Crippen MR) is 42.8 cm³/mol. The Labute approximate surface area is 69.5 Å². The van der Waals surface area contributed by atoms with Gasteiger partial charge in [-0.05, 0) is 25.0 Å². The fourth-order valence-electron chi connectivity index (χ4n) is 0.971. The van der Waals surface area contributed by atoms with E-state index in [0.717, 1.165) is 16.9 Å². The monoisotopic (exact) mass is 169 g/mol. The Kier molecular flexibility index (Phi) is 2.29. The van der Waals surface area contributed by atoms with E-state index >= 15 is 0 Å². The molecule has 0 saturated heterocycles. The molecule has 0 amide bonds. The lowest BCUT2D eigenvalue weighted by Crippen LogP contribution is -2.20. The fourth-order valence-corrected chi connectivity index (χ4v) is 1.92. The molecule has 0 bridgehead atoms. The highest BCUT2D eigenvalue weighted by molar-refractivity contribution is 7.14. The van der Waals surface area contributed by atoms with Gasteiger partial charge in [-0.3, -0.25) is 0 Å². The molecule has 1 aromatic heterocycles. The van der Waals surface area contributed by atoms with E-state index in [1.807, 2.05) is 13.8 Å². The van der Waals surface area contributed by atoms with E-state index in [2.05, 4.69) is 0 Å². The van der Waals surface area contributed by atoms with E-state index in [4.69, 9.17) is 0 Å². The molecule has 3 heteroatoms. The lowest BCUT2D eigenvalue weighted by atomic mass is 10.2. The lowest BCUT2D eigenvalue weighted by Gasteiger charge is -1.92. The molecule has 2 nitrogen and oxygen atoms in total. The van der Waals surface area contributed by atoms with E-state index in [-0.39, 0.29) is 0 Å². The average molecular weight is 169 g/mol. The van der Waals surface area contributed by atoms with Gasteiger partial charge in [0.25, 0.3) is 0 Å². The van der Waals surface area contributed by atoms with Gasteiger partial charge in [-0.15, -0.1) is 11.3 Å². The second-order valence-corrected chi connectivity index (χ2v) is 3.59. The predicted octanol–water partition coefficient (Wildman–Crippen LogP) is 0.982. The van der Waals surface area contributed by atoms with Crippen LogP contribution in [0.1, 0.15) is 27.0 Å². The fraction of sp³-hybridized carbons (Fsp3) is 0.375. The topological polar surface area (TPSA) is 40.1 Å². The largest absolute Gasteiger partial charge is 0.544 e. The molecule has 0 radical (unpaired) electrons. The van der Waals surface area contributed by atoms with Crippen LogP contribution in [0.25, 0.3) is 0 Å².